The lowest BCUT2D eigenvalue weighted by atomic mass is 10.00. The molecule has 0 bridgehead atoms. The average Bonchev–Trinajstić information content (AvgIpc) is 3.07. The number of hydrogen-bond donors (Lipinski definition) is 0. The van der Waals surface area contributed by atoms with Gasteiger partial charge in [0.1, 0.15) is 5.82 Å². The Kier molecular flexibility index (Phi) is 3.78. The first kappa shape index (κ1) is 15.2. The zero-order valence-electron chi connectivity index (χ0n) is 12.5. The molecule has 7 heteroatoms. The van der Waals surface area contributed by atoms with Crippen molar-refractivity contribution < 1.29 is 12.8 Å². The van der Waals surface area contributed by atoms with E-state index >= 15 is 0 Å². The van der Waals surface area contributed by atoms with Crippen LogP contribution in [0.4, 0.5) is 4.39 Å². The van der Waals surface area contributed by atoms with E-state index in [2.05, 4.69) is 5.10 Å². The van der Waals surface area contributed by atoms with Crippen LogP contribution in [0.5, 0.6) is 0 Å². The molecule has 1 unspecified atom stereocenters. The van der Waals surface area contributed by atoms with Gasteiger partial charge < -0.3 is 0 Å². The van der Waals surface area contributed by atoms with E-state index in [0.29, 0.717) is 6.54 Å². The molecule has 1 aromatic heterocycles. The fraction of sp³-hybridized carbons (Fsp3) is 0.400. The van der Waals surface area contributed by atoms with E-state index in [9.17, 15) is 12.8 Å². The Morgan fingerprint density at radius 3 is 2.73 bits per heavy atom. The predicted molar refractivity (Wildman–Crippen MR) is 80.2 cm³/mol. The van der Waals surface area contributed by atoms with E-state index < -0.39 is 10.0 Å². The molecular formula is C15H18FN3O2S. The summed E-state index contributed by atoms with van der Waals surface area (Å²) in [7, 11) is -2.00. The Labute approximate surface area is 129 Å². The summed E-state index contributed by atoms with van der Waals surface area (Å²) >= 11 is 0. The molecular weight excluding hydrogens is 305 g/mol. The molecule has 22 heavy (non-hydrogen) atoms. The van der Waals surface area contributed by atoms with E-state index in [1.165, 1.54) is 33.4 Å². The quantitative estimate of drug-likeness (QED) is 0.871. The maximum atomic E-state index is 13.3. The molecule has 1 atom stereocenters. The molecule has 2 heterocycles. The van der Waals surface area contributed by atoms with Crippen molar-refractivity contribution >= 4 is 10.0 Å². The van der Waals surface area contributed by atoms with Gasteiger partial charge in [0.15, 0.2) is 5.03 Å². The summed E-state index contributed by atoms with van der Waals surface area (Å²) in [6.45, 7) is 2.28. The number of hydrogen-bond acceptors (Lipinski definition) is 3. The first-order chi connectivity index (χ1) is 10.4. The summed E-state index contributed by atoms with van der Waals surface area (Å²) in [6.07, 6.45) is 3.00. The van der Waals surface area contributed by atoms with E-state index in [1.807, 2.05) is 6.92 Å². The van der Waals surface area contributed by atoms with Gasteiger partial charge in [-0.05, 0) is 49.1 Å². The van der Waals surface area contributed by atoms with Crippen LogP contribution in [-0.4, -0.2) is 29.0 Å². The maximum Gasteiger partial charge on any atom is 0.260 e. The molecule has 0 N–H and O–H groups in total. The molecule has 1 saturated heterocycles. The summed E-state index contributed by atoms with van der Waals surface area (Å²) in [5.74, 6) is -0.305. The second-order valence-electron chi connectivity index (χ2n) is 5.57. The third-order valence-corrected chi connectivity index (χ3v) is 6.13. The normalized spacial score (nSPS) is 19.7. The standard InChI is InChI=1S/C15H18FN3O2S/c1-11-10-12(16)5-6-13(11)14-4-3-9-19(14)22(20,21)15-7-8-17-18(15)2/h5-8,10,14H,3-4,9H2,1-2H3. The van der Waals surface area contributed by atoms with Crippen molar-refractivity contribution in [1.29, 1.82) is 0 Å². The number of rotatable bonds is 3. The van der Waals surface area contributed by atoms with Crippen molar-refractivity contribution in [2.45, 2.75) is 30.8 Å². The summed E-state index contributed by atoms with van der Waals surface area (Å²) in [6, 6.07) is 5.77. The number of aromatic nitrogens is 2. The van der Waals surface area contributed by atoms with Gasteiger partial charge in [-0.15, -0.1) is 0 Å². The SMILES string of the molecule is Cc1cc(F)ccc1C1CCCN1S(=O)(=O)c1ccnn1C. The van der Waals surface area contributed by atoms with Gasteiger partial charge in [-0.2, -0.15) is 9.40 Å². The van der Waals surface area contributed by atoms with Gasteiger partial charge in [-0.1, -0.05) is 6.07 Å². The molecule has 1 aromatic carbocycles. The fourth-order valence-corrected chi connectivity index (χ4v) is 4.86. The summed E-state index contributed by atoms with van der Waals surface area (Å²) in [4.78, 5) is 0. The zero-order chi connectivity index (χ0) is 15.9. The van der Waals surface area contributed by atoms with Gasteiger partial charge in [-0.25, -0.2) is 12.8 Å². The molecule has 1 fully saturated rings. The minimum atomic E-state index is -3.61. The topological polar surface area (TPSA) is 55.2 Å². The first-order valence-electron chi connectivity index (χ1n) is 7.17. The van der Waals surface area contributed by atoms with Gasteiger partial charge in [0.05, 0.1) is 12.2 Å². The van der Waals surface area contributed by atoms with Crippen LogP contribution in [0.1, 0.15) is 30.0 Å². The van der Waals surface area contributed by atoms with Crippen LogP contribution in [0.25, 0.3) is 0 Å². The van der Waals surface area contributed by atoms with Gasteiger partial charge in [0.25, 0.3) is 10.0 Å². The van der Waals surface area contributed by atoms with E-state index in [0.717, 1.165) is 24.0 Å². The van der Waals surface area contributed by atoms with Crippen LogP contribution < -0.4 is 0 Å². The van der Waals surface area contributed by atoms with Crippen LogP contribution in [0.3, 0.4) is 0 Å². The number of nitrogens with zero attached hydrogens (tertiary/aromatic N) is 3. The Morgan fingerprint density at radius 2 is 2.09 bits per heavy atom. The number of aryl methyl sites for hydroxylation is 2. The van der Waals surface area contributed by atoms with Crippen molar-refractivity contribution in [2.24, 2.45) is 7.05 Å². The van der Waals surface area contributed by atoms with Crippen LogP contribution in [-0.2, 0) is 17.1 Å². The highest BCUT2D eigenvalue weighted by Gasteiger charge is 2.38. The van der Waals surface area contributed by atoms with E-state index in [-0.39, 0.29) is 16.9 Å². The molecule has 118 valence electrons. The molecule has 0 saturated carbocycles. The van der Waals surface area contributed by atoms with E-state index in [1.54, 1.807) is 13.1 Å². The second-order valence-corrected chi connectivity index (χ2v) is 7.41. The van der Waals surface area contributed by atoms with Crippen molar-refractivity contribution in [3.05, 3.63) is 47.4 Å². The van der Waals surface area contributed by atoms with Gasteiger partial charge in [0.2, 0.25) is 0 Å². The van der Waals surface area contributed by atoms with Gasteiger partial charge in [-0.3, -0.25) is 4.68 Å². The van der Waals surface area contributed by atoms with Crippen molar-refractivity contribution in [3.8, 4) is 0 Å². The van der Waals surface area contributed by atoms with Crippen LogP contribution in [0.15, 0.2) is 35.5 Å². The Balaban J connectivity index is 2.02. The smallest absolute Gasteiger partial charge is 0.256 e. The molecule has 3 rings (SSSR count). The van der Waals surface area contributed by atoms with Crippen LogP contribution in [0.2, 0.25) is 0 Å². The highest BCUT2D eigenvalue weighted by molar-refractivity contribution is 7.89. The Morgan fingerprint density at radius 1 is 1.32 bits per heavy atom. The molecule has 2 aromatic rings. The molecule has 1 aliphatic rings. The number of sulfonamides is 1. The molecule has 5 nitrogen and oxygen atoms in total. The minimum absolute atomic E-state index is 0.180. The highest BCUT2D eigenvalue weighted by Crippen LogP contribution is 2.37. The molecule has 0 aliphatic carbocycles. The zero-order valence-corrected chi connectivity index (χ0v) is 13.3. The number of benzene rings is 1. The molecule has 0 radical (unpaired) electrons. The minimum Gasteiger partial charge on any atom is -0.256 e. The van der Waals surface area contributed by atoms with Crippen LogP contribution >= 0.6 is 0 Å². The lowest BCUT2D eigenvalue weighted by Gasteiger charge is -2.25. The molecule has 1 aliphatic heterocycles. The predicted octanol–water partition coefficient (Wildman–Crippen LogP) is 2.39. The van der Waals surface area contributed by atoms with E-state index in [4.69, 9.17) is 0 Å². The van der Waals surface area contributed by atoms with Crippen LogP contribution in [0, 0.1) is 12.7 Å². The number of halogens is 1. The Hall–Kier alpha value is -1.73. The fourth-order valence-electron chi connectivity index (χ4n) is 3.09. The second kappa shape index (κ2) is 5.48. The highest BCUT2D eigenvalue weighted by atomic mass is 32.2. The monoisotopic (exact) mass is 323 g/mol. The van der Waals surface area contributed by atoms with Crippen molar-refractivity contribution in [2.75, 3.05) is 6.54 Å². The molecule has 0 amide bonds. The summed E-state index contributed by atoms with van der Waals surface area (Å²) < 4.78 is 41.9. The van der Waals surface area contributed by atoms with Gasteiger partial charge in [0, 0.05) is 13.6 Å². The summed E-state index contributed by atoms with van der Waals surface area (Å²) in [5.41, 5.74) is 1.64. The summed E-state index contributed by atoms with van der Waals surface area (Å²) in [5, 5.41) is 4.12. The maximum absolute atomic E-state index is 13.3. The van der Waals surface area contributed by atoms with Crippen molar-refractivity contribution in [3.63, 3.8) is 0 Å². The third kappa shape index (κ3) is 2.44. The lowest BCUT2D eigenvalue weighted by Crippen LogP contribution is -2.32. The average molecular weight is 323 g/mol. The van der Waals surface area contributed by atoms with Gasteiger partial charge >= 0.3 is 0 Å². The lowest BCUT2D eigenvalue weighted by molar-refractivity contribution is 0.390. The molecule has 0 spiro atoms. The third-order valence-electron chi connectivity index (χ3n) is 4.14. The first-order valence-corrected chi connectivity index (χ1v) is 8.61. The Bertz CT molecular complexity index is 801. The largest absolute Gasteiger partial charge is 0.260 e. The van der Waals surface area contributed by atoms with Crippen molar-refractivity contribution in [1.82, 2.24) is 14.1 Å².